The molecule has 0 fully saturated rings. The molecule has 3 rings (SSSR count). The van der Waals surface area contributed by atoms with Crippen LogP contribution in [0.25, 0.3) is 0 Å². The fraction of sp³-hybridized carbons (Fsp3) is 0.217. The zero-order chi connectivity index (χ0) is 18.0. The van der Waals surface area contributed by atoms with E-state index in [0.29, 0.717) is 11.6 Å². The quantitative estimate of drug-likeness (QED) is 0.610. The van der Waals surface area contributed by atoms with E-state index in [1.54, 1.807) is 0 Å². The minimum absolute atomic E-state index is 0.0310. The number of anilines is 1. The number of nitrogen functional groups attached to an aromatic ring is 1. The van der Waals surface area contributed by atoms with Gasteiger partial charge in [0, 0.05) is 22.7 Å². The molecule has 2 heteroatoms. The lowest BCUT2D eigenvalue weighted by Crippen LogP contribution is -2.20. The van der Waals surface area contributed by atoms with Gasteiger partial charge in [-0.15, -0.1) is 0 Å². The molecule has 0 aliphatic heterocycles. The third-order valence-corrected chi connectivity index (χ3v) is 5.32. The van der Waals surface area contributed by atoms with Crippen LogP contribution in [0.3, 0.4) is 0 Å². The fourth-order valence-electron chi connectivity index (χ4n) is 3.97. The van der Waals surface area contributed by atoms with Gasteiger partial charge in [-0.25, -0.2) is 0 Å². The molecule has 25 heavy (non-hydrogen) atoms. The van der Waals surface area contributed by atoms with Crippen molar-refractivity contribution in [3.05, 3.63) is 101 Å². The van der Waals surface area contributed by atoms with Crippen molar-refractivity contribution in [3.63, 3.8) is 0 Å². The highest BCUT2D eigenvalue weighted by Crippen LogP contribution is 2.52. The Morgan fingerprint density at radius 2 is 1.80 bits per heavy atom. The molecule has 4 N–H and O–H groups in total. The molecule has 0 bridgehead atoms. The molecule has 128 valence electrons. The Labute approximate surface area is 150 Å². The van der Waals surface area contributed by atoms with Gasteiger partial charge in [0.05, 0.1) is 0 Å². The third-order valence-electron chi connectivity index (χ3n) is 5.32. The molecule has 0 radical (unpaired) electrons. The van der Waals surface area contributed by atoms with Crippen molar-refractivity contribution in [2.75, 3.05) is 5.73 Å². The van der Waals surface area contributed by atoms with Gasteiger partial charge in [-0.05, 0) is 53.8 Å². The minimum atomic E-state index is -0.0310. The van der Waals surface area contributed by atoms with Gasteiger partial charge in [0.25, 0.3) is 0 Å². The Balaban J connectivity index is 2.08. The molecule has 0 aromatic heterocycles. The number of hydrogen-bond acceptors (Lipinski definition) is 2. The summed E-state index contributed by atoms with van der Waals surface area (Å²) < 4.78 is 0. The highest BCUT2D eigenvalue weighted by atomic mass is 14.5. The molecule has 2 atom stereocenters. The number of nitrogens with two attached hydrogens (primary N) is 2. The Hall–Kier alpha value is -2.74. The van der Waals surface area contributed by atoms with E-state index in [2.05, 4.69) is 69.0 Å². The lowest BCUT2D eigenvalue weighted by Gasteiger charge is -2.27. The summed E-state index contributed by atoms with van der Waals surface area (Å²) in [7, 11) is 0. The van der Waals surface area contributed by atoms with Crippen molar-refractivity contribution in [3.8, 4) is 0 Å². The molecule has 2 aromatic rings. The predicted octanol–water partition coefficient (Wildman–Crippen LogP) is 5.04. The van der Waals surface area contributed by atoms with Crippen LogP contribution in [0.5, 0.6) is 0 Å². The van der Waals surface area contributed by atoms with Gasteiger partial charge in [0.15, 0.2) is 0 Å². The van der Waals surface area contributed by atoms with Gasteiger partial charge in [-0.1, -0.05) is 62.1 Å². The monoisotopic (exact) mass is 330 g/mol. The Morgan fingerprint density at radius 1 is 1.12 bits per heavy atom. The third kappa shape index (κ3) is 3.12. The first kappa shape index (κ1) is 17.1. The van der Waals surface area contributed by atoms with Crippen LogP contribution in [0, 0.1) is 0 Å². The highest BCUT2D eigenvalue weighted by molar-refractivity contribution is 5.55. The SMILES string of the molecule is C=C(N)/C=C\C(=C/C)C1CC(C)(c2ccc(N)cc2)c2ccccc21. The molecule has 2 unspecified atom stereocenters. The van der Waals surface area contributed by atoms with Crippen LogP contribution in [0.2, 0.25) is 0 Å². The number of hydrogen-bond donors (Lipinski definition) is 2. The molecule has 0 saturated heterocycles. The van der Waals surface area contributed by atoms with E-state index in [-0.39, 0.29) is 5.41 Å². The van der Waals surface area contributed by atoms with E-state index >= 15 is 0 Å². The number of rotatable bonds is 4. The summed E-state index contributed by atoms with van der Waals surface area (Å²) in [5.41, 5.74) is 18.3. The lowest BCUT2D eigenvalue weighted by atomic mass is 9.76. The van der Waals surface area contributed by atoms with Crippen molar-refractivity contribution >= 4 is 5.69 Å². The van der Waals surface area contributed by atoms with Crippen LogP contribution >= 0.6 is 0 Å². The zero-order valence-electron chi connectivity index (χ0n) is 15.0. The molecular formula is C23H26N2. The predicted molar refractivity (Wildman–Crippen MR) is 107 cm³/mol. The average molecular weight is 330 g/mol. The van der Waals surface area contributed by atoms with Crippen molar-refractivity contribution in [2.45, 2.75) is 31.6 Å². The molecule has 2 nitrogen and oxygen atoms in total. The van der Waals surface area contributed by atoms with Gasteiger partial charge in [0.1, 0.15) is 0 Å². The number of fused-ring (bicyclic) bond motifs is 1. The number of allylic oxidation sites excluding steroid dienone is 4. The van der Waals surface area contributed by atoms with E-state index in [0.717, 1.165) is 12.1 Å². The summed E-state index contributed by atoms with van der Waals surface area (Å²) in [5.74, 6) is 0.347. The van der Waals surface area contributed by atoms with Crippen molar-refractivity contribution in [1.29, 1.82) is 0 Å². The summed E-state index contributed by atoms with van der Waals surface area (Å²) in [6.45, 7) is 8.18. The maximum Gasteiger partial charge on any atom is 0.0314 e. The van der Waals surface area contributed by atoms with Crippen LogP contribution < -0.4 is 11.5 Å². The van der Waals surface area contributed by atoms with E-state index in [1.165, 1.54) is 22.3 Å². The normalized spacial score (nSPS) is 23.0. The van der Waals surface area contributed by atoms with E-state index < -0.39 is 0 Å². The topological polar surface area (TPSA) is 52.0 Å². The summed E-state index contributed by atoms with van der Waals surface area (Å²) >= 11 is 0. The van der Waals surface area contributed by atoms with Gasteiger partial charge in [-0.2, -0.15) is 0 Å². The molecule has 1 aliphatic carbocycles. The summed E-state index contributed by atoms with van der Waals surface area (Å²) in [5, 5.41) is 0. The molecule has 0 saturated carbocycles. The highest BCUT2D eigenvalue weighted by Gasteiger charge is 2.41. The maximum absolute atomic E-state index is 5.89. The van der Waals surface area contributed by atoms with Crippen LogP contribution in [0.1, 0.15) is 42.9 Å². The summed E-state index contributed by atoms with van der Waals surface area (Å²) in [6.07, 6.45) is 7.18. The van der Waals surface area contributed by atoms with Gasteiger partial charge in [0.2, 0.25) is 0 Å². The second-order valence-electron chi connectivity index (χ2n) is 6.99. The molecule has 2 aromatic carbocycles. The van der Waals surface area contributed by atoms with E-state index in [9.17, 15) is 0 Å². The first-order chi connectivity index (χ1) is 12.0. The fourth-order valence-corrected chi connectivity index (χ4v) is 3.97. The van der Waals surface area contributed by atoms with E-state index in [1.807, 2.05) is 18.2 Å². The molecule has 0 amide bonds. The summed E-state index contributed by atoms with van der Waals surface area (Å²) in [6, 6.07) is 17.0. The second kappa shape index (κ2) is 6.64. The average Bonchev–Trinajstić information content (AvgIpc) is 2.91. The molecule has 0 spiro atoms. The van der Waals surface area contributed by atoms with Gasteiger partial charge < -0.3 is 11.5 Å². The zero-order valence-corrected chi connectivity index (χ0v) is 15.0. The Morgan fingerprint density at radius 3 is 2.44 bits per heavy atom. The Bertz CT molecular complexity index is 843. The minimum Gasteiger partial charge on any atom is -0.399 e. The van der Waals surface area contributed by atoms with Gasteiger partial charge in [-0.3, -0.25) is 0 Å². The van der Waals surface area contributed by atoms with E-state index in [4.69, 9.17) is 11.5 Å². The van der Waals surface area contributed by atoms with Crippen molar-refractivity contribution in [1.82, 2.24) is 0 Å². The van der Waals surface area contributed by atoms with Crippen LogP contribution in [0.4, 0.5) is 5.69 Å². The van der Waals surface area contributed by atoms with Crippen LogP contribution in [-0.4, -0.2) is 0 Å². The van der Waals surface area contributed by atoms with Crippen molar-refractivity contribution in [2.24, 2.45) is 5.73 Å². The summed E-state index contributed by atoms with van der Waals surface area (Å²) in [4.78, 5) is 0. The second-order valence-corrected chi connectivity index (χ2v) is 6.99. The smallest absolute Gasteiger partial charge is 0.0314 e. The molecular weight excluding hydrogens is 304 g/mol. The Kier molecular flexibility index (Phi) is 4.54. The lowest BCUT2D eigenvalue weighted by molar-refractivity contribution is 0.538. The molecule has 0 heterocycles. The first-order valence-electron chi connectivity index (χ1n) is 8.70. The van der Waals surface area contributed by atoms with Crippen LogP contribution in [0.15, 0.2) is 84.6 Å². The number of benzene rings is 2. The van der Waals surface area contributed by atoms with Crippen LogP contribution in [-0.2, 0) is 5.41 Å². The van der Waals surface area contributed by atoms with Gasteiger partial charge >= 0.3 is 0 Å². The standard InChI is InChI=1S/C23H26N2/c1-4-17(10-9-16(2)24)21-15-23(3,18-11-13-19(25)14-12-18)22-8-6-5-7-20(21)22/h4-14,21H,2,15,24-25H2,1,3H3/b10-9-,17-4+. The maximum atomic E-state index is 5.89. The molecule has 1 aliphatic rings. The first-order valence-corrected chi connectivity index (χ1v) is 8.70. The van der Waals surface area contributed by atoms with Crippen molar-refractivity contribution < 1.29 is 0 Å². The largest absolute Gasteiger partial charge is 0.399 e.